The summed E-state index contributed by atoms with van der Waals surface area (Å²) in [5, 5.41) is 4.16. The Bertz CT molecular complexity index is 920. The molecule has 0 radical (unpaired) electrons. The molecule has 0 spiro atoms. The summed E-state index contributed by atoms with van der Waals surface area (Å²) in [5.41, 5.74) is 1.57. The van der Waals surface area contributed by atoms with Crippen LogP contribution < -0.4 is 9.47 Å². The average Bonchev–Trinajstić information content (AvgIpc) is 3.10. The predicted octanol–water partition coefficient (Wildman–Crippen LogP) is 2.93. The first-order valence-corrected chi connectivity index (χ1v) is 8.50. The van der Waals surface area contributed by atoms with Crippen LogP contribution in [0.25, 0.3) is 11.3 Å². The Labute approximate surface area is 160 Å². The van der Waals surface area contributed by atoms with Crippen molar-refractivity contribution >= 4 is 0 Å². The van der Waals surface area contributed by atoms with Gasteiger partial charge in [-0.2, -0.15) is 13.9 Å². The third-order valence-electron chi connectivity index (χ3n) is 3.68. The molecule has 0 N–H and O–H groups in total. The van der Waals surface area contributed by atoms with Crippen LogP contribution in [-0.4, -0.2) is 45.1 Å². The summed E-state index contributed by atoms with van der Waals surface area (Å²) >= 11 is 0. The Morgan fingerprint density at radius 3 is 2.82 bits per heavy atom. The second kappa shape index (κ2) is 9.18. The van der Waals surface area contributed by atoms with Gasteiger partial charge in [0.15, 0.2) is 5.82 Å². The van der Waals surface area contributed by atoms with Gasteiger partial charge in [-0.3, -0.25) is 0 Å². The predicted molar refractivity (Wildman–Crippen MR) is 95.1 cm³/mol. The molecule has 0 fully saturated rings. The highest BCUT2D eigenvalue weighted by Gasteiger charge is 2.15. The summed E-state index contributed by atoms with van der Waals surface area (Å²) in [4.78, 5) is 13.1. The van der Waals surface area contributed by atoms with Crippen molar-refractivity contribution in [1.29, 1.82) is 0 Å². The van der Waals surface area contributed by atoms with E-state index < -0.39 is 6.61 Å². The van der Waals surface area contributed by atoms with Crippen LogP contribution in [0.1, 0.15) is 18.4 Å². The Morgan fingerprint density at radius 1 is 1.21 bits per heavy atom. The summed E-state index contributed by atoms with van der Waals surface area (Å²) in [6.45, 7) is -0.0781. The van der Waals surface area contributed by atoms with Gasteiger partial charge in [-0.25, -0.2) is 19.6 Å². The maximum Gasteiger partial charge on any atom is 0.387 e. The number of nitrogens with zero attached hydrogens (tertiary/aromatic N) is 5. The lowest BCUT2D eigenvalue weighted by Crippen LogP contribution is -2.10. The highest BCUT2D eigenvalue weighted by Crippen LogP contribution is 2.29. The highest BCUT2D eigenvalue weighted by molar-refractivity contribution is 5.66. The van der Waals surface area contributed by atoms with E-state index >= 15 is 0 Å². The molecule has 0 saturated heterocycles. The first kappa shape index (κ1) is 19.6. The molecule has 0 bridgehead atoms. The molecule has 10 heteroatoms. The van der Waals surface area contributed by atoms with Crippen molar-refractivity contribution < 1.29 is 23.0 Å². The van der Waals surface area contributed by atoms with E-state index in [1.807, 2.05) is 6.92 Å². The molecule has 0 saturated carbocycles. The SMILES string of the molecule is CCOc1ncc(Cn2ncnc2COC)nc1-c1cccc(OC(F)F)c1. The highest BCUT2D eigenvalue weighted by atomic mass is 19.3. The maximum absolute atomic E-state index is 12.5. The normalized spacial score (nSPS) is 11.0. The zero-order chi connectivity index (χ0) is 19.9. The zero-order valence-electron chi connectivity index (χ0n) is 15.4. The van der Waals surface area contributed by atoms with Gasteiger partial charge < -0.3 is 14.2 Å². The second-order valence-corrected chi connectivity index (χ2v) is 5.62. The van der Waals surface area contributed by atoms with E-state index in [2.05, 4.69) is 24.8 Å². The standard InChI is InChI=1S/C18H19F2N5O3/c1-3-27-17-16(12-5-4-6-14(7-12)28-18(19)20)24-13(8-21-17)9-25-15(10-26-2)22-11-23-25/h4-8,11,18H,3,9-10H2,1-2H3. The molecule has 0 unspecified atom stereocenters. The van der Waals surface area contributed by atoms with E-state index in [0.717, 1.165) is 0 Å². The Kier molecular flexibility index (Phi) is 6.43. The summed E-state index contributed by atoms with van der Waals surface area (Å²) in [5.74, 6) is 0.976. The number of hydrogen-bond donors (Lipinski definition) is 0. The van der Waals surface area contributed by atoms with Crippen LogP contribution in [0.5, 0.6) is 11.6 Å². The van der Waals surface area contributed by atoms with E-state index in [-0.39, 0.29) is 5.75 Å². The Morgan fingerprint density at radius 2 is 2.07 bits per heavy atom. The molecular weight excluding hydrogens is 372 g/mol. The monoisotopic (exact) mass is 391 g/mol. The van der Waals surface area contributed by atoms with Crippen LogP contribution in [0.15, 0.2) is 36.8 Å². The lowest BCUT2D eigenvalue weighted by Gasteiger charge is -2.12. The van der Waals surface area contributed by atoms with Crippen molar-refractivity contribution in [3.63, 3.8) is 0 Å². The fraction of sp³-hybridized carbons (Fsp3) is 0.333. The third-order valence-corrected chi connectivity index (χ3v) is 3.68. The number of rotatable bonds is 9. The zero-order valence-corrected chi connectivity index (χ0v) is 15.4. The molecule has 2 aromatic heterocycles. The molecule has 0 atom stereocenters. The minimum atomic E-state index is -2.91. The van der Waals surface area contributed by atoms with Crippen molar-refractivity contribution in [2.45, 2.75) is 26.7 Å². The van der Waals surface area contributed by atoms with E-state index in [1.165, 1.54) is 18.5 Å². The number of aromatic nitrogens is 5. The van der Waals surface area contributed by atoms with Gasteiger partial charge in [-0.1, -0.05) is 12.1 Å². The van der Waals surface area contributed by atoms with Gasteiger partial charge in [0.1, 0.15) is 24.4 Å². The van der Waals surface area contributed by atoms with Crippen LogP contribution in [0, 0.1) is 0 Å². The molecule has 28 heavy (non-hydrogen) atoms. The number of halogens is 2. The number of benzene rings is 1. The molecule has 0 amide bonds. The molecule has 1 aromatic carbocycles. The summed E-state index contributed by atoms with van der Waals surface area (Å²) in [6.07, 6.45) is 3.01. The van der Waals surface area contributed by atoms with Crippen LogP contribution in [-0.2, 0) is 17.9 Å². The number of methoxy groups -OCH3 is 1. The third kappa shape index (κ3) is 4.77. The molecular formula is C18H19F2N5O3. The summed E-state index contributed by atoms with van der Waals surface area (Å²) in [7, 11) is 1.57. The van der Waals surface area contributed by atoms with Crippen LogP contribution in [0.2, 0.25) is 0 Å². The van der Waals surface area contributed by atoms with Crippen molar-refractivity contribution in [2.75, 3.05) is 13.7 Å². The molecule has 8 nitrogen and oxygen atoms in total. The van der Waals surface area contributed by atoms with E-state index in [9.17, 15) is 8.78 Å². The molecule has 148 valence electrons. The lowest BCUT2D eigenvalue weighted by molar-refractivity contribution is -0.0498. The van der Waals surface area contributed by atoms with Gasteiger partial charge >= 0.3 is 6.61 Å². The Balaban J connectivity index is 1.95. The second-order valence-electron chi connectivity index (χ2n) is 5.62. The first-order valence-electron chi connectivity index (χ1n) is 8.50. The van der Waals surface area contributed by atoms with Gasteiger partial charge in [-0.05, 0) is 19.1 Å². The first-order chi connectivity index (χ1) is 13.6. The largest absolute Gasteiger partial charge is 0.476 e. The fourth-order valence-corrected chi connectivity index (χ4v) is 2.56. The molecule has 0 aliphatic heterocycles. The van der Waals surface area contributed by atoms with Gasteiger partial charge in [-0.15, -0.1) is 0 Å². The van der Waals surface area contributed by atoms with Gasteiger partial charge in [0.25, 0.3) is 0 Å². The minimum absolute atomic E-state index is 0.0285. The molecule has 2 heterocycles. The average molecular weight is 391 g/mol. The summed E-state index contributed by atoms with van der Waals surface area (Å²) < 4.78 is 41.8. The molecule has 3 aromatic rings. The Hall–Kier alpha value is -3.14. The van der Waals surface area contributed by atoms with E-state index in [4.69, 9.17) is 9.47 Å². The van der Waals surface area contributed by atoms with Crippen LogP contribution in [0.4, 0.5) is 8.78 Å². The van der Waals surface area contributed by atoms with Gasteiger partial charge in [0, 0.05) is 12.7 Å². The number of alkyl halides is 2. The van der Waals surface area contributed by atoms with Gasteiger partial charge in [0.2, 0.25) is 5.88 Å². The molecule has 0 aliphatic carbocycles. The smallest absolute Gasteiger partial charge is 0.387 e. The van der Waals surface area contributed by atoms with E-state index in [1.54, 1.807) is 30.1 Å². The number of ether oxygens (including phenoxy) is 3. The topological polar surface area (TPSA) is 84.2 Å². The number of hydrogen-bond acceptors (Lipinski definition) is 7. The van der Waals surface area contributed by atoms with Gasteiger partial charge in [0.05, 0.1) is 25.0 Å². The van der Waals surface area contributed by atoms with E-state index in [0.29, 0.717) is 48.4 Å². The van der Waals surface area contributed by atoms with Crippen molar-refractivity contribution in [3.05, 3.63) is 48.3 Å². The van der Waals surface area contributed by atoms with Crippen molar-refractivity contribution in [2.24, 2.45) is 0 Å². The van der Waals surface area contributed by atoms with Crippen LogP contribution >= 0.6 is 0 Å². The quantitative estimate of drug-likeness (QED) is 0.554. The lowest BCUT2D eigenvalue weighted by atomic mass is 10.1. The minimum Gasteiger partial charge on any atom is -0.476 e. The van der Waals surface area contributed by atoms with Crippen LogP contribution in [0.3, 0.4) is 0 Å². The van der Waals surface area contributed by atoms with Crippen molar-refractivity contribution in [1.82, 2.24) is 24.7 Å². The summed E-state index contributed by atoms with van der Waals surface area (Å²) in [6, 6.07) is 6.24. The molecule has 0 aliphatic rings. The maximum atomic E-state index is 12.5. The fourth-order valence-electron chi connectivity index (χ4n) is 2.56. The van der Waals surface area contributed by atoms with Crippen molar-refractivity contribution in [3.8, 4) is 22.9 Å². The molecule has 3 rings (SSSR count).